The van der Waals surface area contributed by atoms with E-state index in [0.717, 1.165) is 12.1 Å². The van der Waals surface area contributed by atoms with E-state index in [1.807, 2.05) is 6.07 Å². The number of nitrogens with one attached hydrogen (secondary N) is 2. The van der Waals surface area contributed by atoms with Gasteiger partial charge in [0.1, 0.15) is 12.1 Å². The second-order valence-corrected chi connectivity index (χ2v) is 9.42. The highest BCUT2D eigenvalue weighted by atomic mass is 32.2. The molecule has 2 aromatic carbocycles. The zero-order chi connectivity index (χ0) is 24.2. The van der Waals surface area contributed by atoms with Gasteiger partial charge in [0.05, 0.1) is 10.5 Å². The number of carbonyl (C=O) groups is 2. The molecule has 1 unspecified atom stereocenters. The fourth-order valence-corrected chi connectivity index (χ4v) is 5.29. The maximum absolute atomic E-state index is 13.6. The van der Waals surface area contributed by atoms with Gasteiger partial charge in [-0.3, -0.25) is 9.59 Å². The third-order valence-electron chi connectivity index (χ3n) is 5.52. The summed E-state index contributed by atoms with van der Waals surface area (Å²) in [6.07, 6.45) is 0.385. The molecule has 11 heteroatoms. The number of benzene rings is 2. The standard InChI is InChI=1S/C22H22F2N4O4S/c1-26-22(30)20(15-6-7-17(23)18(24)12-15)27-21(29)14-8-10-28(11-9-14)33(31,32)19-5-3-2-4-16(19)13-25/h2-7,12,14,20H,8-11H2,1H3,(H,26,30)(H,27,29). The van der Waals surface area contributed by atoms with Crippen LogP contribution in [0, 0.1) is 28.9 Å². The smallest absolute Gasteiger partial charge is 0.246 e. The monoisotopic (exact) mass is 476 g/mol. The van der Waals surface area contributed by atoms with Crippen molar-refractivity contribution in [2.24, 2.45) is 5.92 Å². The van der Waals surface area contributed by atoms with E-state index < -0.39 is 45.4 Å². The first-order chi connectivity index (χ1) is 15.7. The molecule has 0 radical (unpaired) electrons. The van der Waals surface area contributed by atoms with Gasteiger partial charge in [-0.05, 0) is 42.7 Å². The van der Waals surface area contributed by atoms with Gasteiger partial charge in [0.25, 0.3) is 0 Å². The van der Waals surface area contributed by atoms with E-state index >= 15 is 0 Å². The zero-order valence-corrected chi connectivity index (χ0v) is 18.5. The van der Waals surface area contributed by atoms with Crippen LogP contribution in [0.4, 0.5) is 8.78 Å². The predicted molar refractivity (Wildman–Crippen MR) is 114 cm³/mol. The third kappa shape index (κ3) is 5.18. The van der Waals surface area contributed by atoms with Crippen LogP contribution in [0.3, 0.4) is 0 Å². The van der Waals surface area contributed by atoms with Crippen molar-refractivity contribution in [2.75, 3.05) is 20.1 Å². The van der Waals surface area contributed by atoms with Crippen molar-refractivity contribution < 1.29 is 26.8 Å². The molecule has 1 saturated heterocycles. The number of hydrogen-bond acceptors (Lipinski definition) is 5. The first-order valence-corrected chi connectivity index (χ1v) is 11.6. The number of piperidine rings is 1. The van der Waals surface area contributed by atoms with Gasteiger partial charge < -0.3 is 10.6 Å². The number of nitrogens with zero attached hydrogens (tertiary/aromatic N) is 2. The Morgan fingerprint density at radius 1 is 1.12 bits per heavy atom. The van der Waals surface area contributed by atoms with Crippen molar-refractivity contribution in [3.8, 4) is 6.07 Å². The van der Waals surface area contributed by atoms with E-state index in [9.17, 15) is 32.0 Å². The molecule has 2 amide bonds. The molecule has 174 valence electrons. The molecule has 0 spiro atoms. The van der Waals surface area contributed by atoms with E-state index in [1.165, 1.54) is 35.6 Å². The van der Waals surface area contributed by atoms with Crippen molar-refractivity contribution in [3.05, 3.63) is 65.2 Å². The molecule has 1 aliphatic heterocycles. The average molecular weight is 477 g/mol. The van der Waals surface area contributed by atoms with Crippen molar-refractivity contribution in [1.29, 1.82) is 5.26 Å². The molecular formula is C22H22F2N4O4S. The molecule has 3 rings (SSSR count). The molecule has 33 heavy (non-hydrogen) atoms. The molecule has 0 saturated carbocycles. The van der Waals surface area contributed by atoms with Crippen LogP contribution in [0.25, 0.3) is 0 Å². The number of sulfonamides is 1. The average Bonchev–Trinajstić information content (AvgIpc) is 2.83. The molecular weight excluding hydrogens is 454 g/mol. The number of carbonyl (C=O) groups excluding carboxylic acids is 2. The van der Waals surface area contributed by atoms with Crippen LogP contribution in [-0.4, -0.2) is 44.7 Å². The minimum Gasteiger partial charge on any atom is -0.357 e. The van der Waals surface area contributed by atoms with Gasteiger partial charge >= 0.3 is 0 Å². The lowest BCUT2D eigenvalue weighted by atomic mass is 9.96. The maximum Gasteiger partial charge on any atom is 0.246 e. The van der Waals surface area contributed by atoms with Gasteiger partial charge in [-0.15, -0.1) is 0 Å². The summed E-state index contributed by atoms with van der Waals surface area (Å²) in [6.45, 7) is 0.103. The molecule has 2 N–H and O–H groups in total. The first kappa shape index (κ1) is 24.3. The minimum absolute atomic E-state index is 0.0392. The van der Waals surface area contributed by atoms with Gasteiger partial charge in [-0.25, -0.2) is 17.2 Å². The van der Waals surface area contributed by atoms with Crippen molar-refractivity contribution in [3.63, 3.8) is 0 Å². The number of hydrogen-bond donors (Lipinski definition) is 2. The summed E-state index contributed by atoms with van der Waals surface area (Å²) < 4.78 is 54.0. The predicted octanol–water partition coefficient (Wildman–Crippen LogP) is 1.84. The molecule has 0 aromatic heterocycles. The first-order valence-electron chi connectivity index (χ1n) is 10.1. The lowest BCUT2D eigenvalue weighted by molar-refractivity contribution is -0.131. The van der Waals surface area contributed by atoms with Crippen LogP contribution >= 0.6 is 0 Å². The molecule has 0 aliphatic carbocycles. The van der Waals surface area contributed by atoms with Crippen LogP contribution in [0.5, 0.6) is 0 Å². The van der Waals surface area contributed by atoms with Gasteiger partial charge in [0.2, 0.25) is 21.8 Å². The number of likely N-dealkylation sites (N-methyl/N-ethyl adjacent to an activating group) is 1. The van der Waals surface area contributed by atoms with Crippen LogP contribution in [0.1, 0.15) is 30.0 Å². The Kier molecular flexibility index (Phi) is 7.40. The summed E-state index contributed by atoms with van der Waals surface area (Å²) in [4.78, 5) is 25.0. The van der Waals surface area contributed by atoms with Gasteiger partial charge in [-0.2, -0.15) is 9.57 Å². The summed E-state index contributed by atoms with van der Waals surface area (Å²) in [7, 11) is -2.56. The van der Waals surface area contributed by atoms with Gasteiger partial charge in [-0.1, -0.05) is 18.2 Å². The normalized spacial score (nSPS) is 15.9. The highest BCUT2D eigenvalue weighted by Gasteiger charge is 2.34. The largest absolute Gasteiger partial charge is 0.357 e. The Morgan fingerprint density at radius 3 is 2.39 bits per heavy atom. The highest BCUT2D eigenvalue weighted by molar-refractivity contribution is 7.89. The molecule has 1 heterocycles. The van der Waals surface area contributed by atoms with Crippen LogP contribution < -0.4 is 10.6 Å². The summed E-state index contributed by atoms with van der Waals surface area (Å²) in [5.74, 6) is -3.91. The SMILES string of the molecule is CNC(=O)C(NC(=O)C1CCN(S(=O)(=O)c2ccccc2C#N)CC1)c1ccc(F)c(F)c1. The Hall–Kier alpha value is -3.36. The van der Waals surface area contributed by atoms with E-state index in [0.29, 0.717) is 0 Å². The Balaban J connectivity index is 1.70. The number of nitriles is 1. The molecule has 2 aromatic rings. The second kappa shape index (κ2) is 10.1. The Labute approximate surface area is 190 Å². The lowest BCUT2D eigenvalue weighted by Crippen LogP contribution is -2.46. The summed E-state index contributed by atoms with van der Waals surface area (Å²) >= 11 is 0. The van der Waals surface area contributed by atoms with Crippen LogP contribution in [-0.2, 0) is 19.6 Å². The van der Waals surface area contributed by atoms with Crippen LogP contribution in [0.15, 0.2) is 47.4 Å². The zero-order valence-electron chi connectivity index (χ0n) is 17.7. The molecule has 1 atom stereocenters. The Bertz CT molecular complexity index is 1210. The van der Waals surface area contributed by atoms with Crippen molar-refractivity contribution >= 4 is 21.8 Å². The molecule has 1 aliphatic rings. The summed E-state index contributed by atoms with van der Waals surface area (Å²) in [6, 6.07) is 9.45. The van der Waals surface area contributed by atoms with Gasteiger partial charge in [0.15, 0.2) is 11.6 Å². The highest BCUT2D eigenvalue weighted by Crippen LogP contribution is 2.26. The topological polar surface area (TPSA) is 119 Å². The van der Waals surface area contributed by atoms with E-state index in [1.54, 1.807) is 6.07 Å². The fourth-order valence-electron chi connectivity index (χ4n) is 3.68. The molecule has 0 bridgehead atoms. The van der Waals surface area contributed by atoms with E-state index in [-0.39, 0.29) is 42.0 Å². The number of amides is 2. The third-order valence-corrected chi connectivity index (χ3v) is 7.48. The number of rotatable bonds is 6. The van der Waals surface area contributed by atoms with E-state index in [4.69, 9.17) is 0 Å². The quantitative estimate of drug-likeness (QED) is 0.659. The molecule has 1 fully saturated rings. The summed E-state index contributed by atoms with van der Waals surface area (Å²) in [5, 5.41) is 14.1. The lowest BCUT2D eigenvalue weighted by Gasteiger charge is -2.31. The second-order valence-electron chi connectivity index (χ2n) is 7.52. The Morgan fingerprint density at radius 2 is 1.79 bits per heavy atom. The van der Waals surface area contributed by atoms with Crippen molar-refractivity contribution in [1.82, 2.24) is 14.9 Å². The maximum atomic E-state index is 13.6. The van der Waals surface area contributed by atoms with Gasteiger partial charge in [0, 0.05) is 26.1 Å². The fraction of sp³-hybridized carbons (Fsp3) is 0.318. The summed E-state index contributed by atoms with van der Waals surface area (Å²) in [5.41, 5.74) is 0.118. The number of halogens is 2. The molecule has 8 nitrogen and oxygen atoms in total. The van der Waals surface area contributed by atoms with Crippen molar-refractivity contribution in [2.45, 2.75) is 23.8 Å². The van der Waals surface area contributed by atoms with Crippen LogP contribution in [0.2, 0.25) is 0 Å². The minimum atomic E-state index is -3.91. The van der Waals surface area contributed by atoms with E-state index in [2.05, 4.69) is 10.6 Å².